The van der Waals surface area contributed by atoms with Gasteiger partial charge in [-0.25, -0.2) is 9.78 Å². The molecule has 160 valence electrons. The second-order valence-corrected chi connectivity index (χ2v) is 6.99. The van der Waals surface area contributed by atoms with Gasteiger partial charge < -0.3 is 9.30 Å². The highest BCUT2D eigenvalue weighted by molar-refractivity contribution is 5.77. The van der Waals surface area contributed by atoms with Crippen LogP contribution in [-0.2, 0) is 13.1 Å². The van der Waals surface area contributed by atoms with E-state index in [9.17, 15) is 18.4 Å². The Morgan fingerprint density at radius 3 is 2.39 bits per heavy atom. The van der Waals surface area contributed by atoms with Crippen LogP contribution < -0.4 is 16.0 Å². The van der Waals surface area contributed by atoms with Gasteiger partial charge in [0.15, 0.2) is 11.2 Å². The van der Waals surface area contributed by atoms with E-state index in [0.29, 0.717) is 23.4 Å². The molecule has 0 spiro atoms. The minimum atomic E-state index is -2.92. The van der Waals surface area contributed by atoms with Crippen molar-refractivity contribution in [2.24, 2.45) is 0 Å². The first-order valence-corrected chi connectivity index (χ1v) is 9.80. The molecule has 2 heterocycles. The first kappa shape index (κ1) is 20.5. The topological polar surface area (TPSA) is 81.9 Å². The molecule has 0 amide bonds. The lowest BCUT2D eigenvalue weighted by Crippen LogP contribution is -2.31. The summed E-state index contributed by atoms with van der Waals surface area (Å²) in [5.41, 5.74) is 1.00. The molecule has 4 aromatic rings. The Kier molecular flexibility index (Phi) is 5.66. The van der Waals surface area contributed by atoms with Gasteiger partial charge in [0.05, 0.1) is 6.54 Å². The fourth-order valence-electron chi connectivity index (χ4n) is 3.53. The number of alkyl halides is 2. The number of benzene rings is 2. The number of aromatic nitrogens is 4. The lowest BCUT2D eigenvalue weighted by Gasteiger charge is -2.09. The van der Waals surface area contributed by atoms with Gasteiger partial charge in [-0.05, 0) is 36.2 Å². The van der Waals surface area contributed by atoms with E-state index in [4.69, 9.17) is 0 Å². The van der Waals surface area contributed by atoms with E-state index in [-0.39, 0.29) is 17.9 Å². The molecule has 2 aromatic heterocycles. The van der Waals surface area contributed by atoms with Crippen molar-refractivity contribution in [2.75, 3.05) is 0 Å². The molecule has 0 aliphatic heterocycles. The predicted octanol–water partition coefficient (Wildman–Crippen LogP) is 3.61. The molecular formula is C22H20F2N4O3. The summed E-state index contributed by atoms with van der Waals surface area (Å²) in [6, 6.07) is 15.4. The Morgan fingerprint density at radius 1 is 1.03 bits per heavy atom. The Hall–Kier alpha value is -3.75. The number of halogens is 2. The van der Waals surface area contributed by atoms with E-state index in [1.165, 1.54) is 16.7 Å². The summed E-state index contributed by atoms with van der Waals surface area (Å²) in [7, 11) is 0. The second-order valence-electron chi connectivity index (χ2n) is 6.99. The molecule has 0 bridgehead atoms. The monoisotopic (exact) mass is 426 g/mol. The quantitative estimate of drug-likeness (QED) is 0.490. The van der Waals surface area contributed by atoms with Crippen LogP contribution in [0.15, 0.2) is 64.2 Å². The Balaban J connectivity index is 1.89. The van der Waals surface area contributed by atoms with Gasteiger partial charge in [-0.1, -0.05) is 37.3 Å². The van der Waals surface area contributed by atoms with Crippen LogP contribution in [0.25, 0.3) is 22.6 Å². The zero-order chi connectivity index (χ0) is 22.0. The molecule has 9 heteroatoms. The molecule has 0 saturated carbocycles. The van der Waals surface area contributed by atoms with Crippen LogP contribution in [0.5, 0.6) is 5.75 Å². The van der Waals surface area contributed by atoms with Crippen LogP contribution in [0.2, 0.25) is 0 Å². The number of rotatable bonds is 7. The largest absolute Gasteiger partial charge is 0.435 e. The minimum Gasteiger partial charge on any atom is -0.435 e. The fourth-order valence-corrected chi connectivity index (χ4v) is 3.53. The number of nitrogens with one attached hydrogen (secondary N) is 1. The van der Waals surface area contributed by atoms with Gasteiger partial charge in [-0.2, -0.15) is 8.78 Å². The lowest BCUT2D eigenvalue weighted by molar-refractivity contribution is -0.0498. The number of fused-ring (bicyclic) bond motifs is 1. The van der Waals surface area contributed by atoms with Crippen molar-refractivity contribution in [2.45, 2.75) is 33.0 Å². The van der Waals surface area contributed by atoms with Gasteiger partial charge in [0.25, 0.3) is 5.56 Å². The van der Waals surface area contributed by atoms with Crippen LogP contribution in [0.3, 0.4) is 0 Å². The number of hydrogen-bond acceptors (Lipinski definition) is 4. The summed E-state index contributed by atoms with van der Waals surface area (Å²) >= 11 is 0. The first-order valence-electron chi connectivity index (χ1n) is 9.80. The van der Waals surface area contributed by atoms with Crippen LogP contribution in [0.4, 0.5) is 8.78 Å². The number of aromatic amines is 1. The average Bonchev–Trinajstić information content (AvgIpc) is 3.12. The van der Waals surface area contributed by atoms with E-state index >= 15 is 0 Å². The minimum absolute atomic E-state index is 0.0238. The van der Waals surface area contributed by atoms with Gasteiger partial charge >= 0.3 is 12.3 Å². The van der Waals surface area contributed by atoms with Crippen LogP contribution in [-0.4, -0.2) is 25.7 Å². The highest BCUT2D eigenvalue weighted by Crippen LogP contribution is 2.26. The van der Waals surface area contributed by atoms with Gasteiger partial charge in [0.2, 0.25) is 0 Å². The van der Waals surface area contributed by atoms with Crippen molar-refractivity contribution in [1.29, 1.82) is 0 Å². The SMILES string of the molecule is CCCn1c(-c2ccc(OC(F)F)cc2)nc2c1c(=O)[nH]c(=O)n2Cc1ccccc1. The Labute approximate surface area is 175 Å². The van der Waals surface area contributed by atoms with Crippen molar-refractivity contribution >= 4 is 11.2 Å². The maximum Gasteiger partial charge on any atom is 0.387 e. The molecule has 0 aliphatic rings. The van der Waals surface area contributed by atoms with Crippen molar-refractivity contribution in [3.63, 3.8) is 0 Å². The number of H-pyrrole nitrogens is 1. The van der Waals surface area contributed by atoms with E-state index < -0.39 is 17.9 Å². The first-order chi connectivity index (χ1) is 15.0. The summed E-state index contributed by atoms with van der Waals surface area (Å²) in [5.74, 6) is 0.495. The number of aryl methyl sites for hydroxylation is 1. The van der Waals surface area contributed by atoms with Crippen molar-refractivity contribution in [3.05, 3.63) is 81.0 Å². The Bertz CT molecular complexity index is 1310. The molecule has 0 radical (unpaired) electrons. The lowest BCUT2D eigenvalue weighted by atomic mass is 10.2. The number of hydrogen-bond donors (Lipinski definition) is 1. The average molecular weight is 426 g/mol. The predicted molar refractivity (Wildman–Crippen MR) is 113 cm³/mol. The highest BCUT2D eigenvalue weighted by atomic mass is 19.3. The van der Waals surface area contributed by atoms with E-state index in [2.05, 4.69) is 14.7 Å². The zero-order valence-electron chi connectivity index (χ0n) is 16.7. The summed E-state index contributed by atoms with van der Waals surface area (Å²) in [6.45, 7) is -0.213. The molecule has 7 nitrogen and oxygen atoms in total. The molecule has 2 aromatic carbocycles. The standard InChI is InChI=1S/C22H20F2N4O3/c1-2-12-27-17-19(25-18(27)15-8-10-16(11-9-15)31-21(23)24)28(22(30)26-20(17)29)13-14-6-4-3-5-7-14/h3-11,21H,2,12-13H2,1H3,(H,26,29,30). The smallest absolute Gasteiger partial charge is 0.387 e. The third-order valence-corrected chi connectivity index (χ3v) is 4.85. The maximum atomic E-state index is 12.7. The number of imidazole rings is 1. The Morgan fingerprint density at radius 2 is 1.74 bits per heavy atom. The van der Waals surface area contributed by atoms with Crippen molar-refractivity contribution < 1.29 is 13.5 Å². The van der Waals surface area contributed by atoms with Crippen molar-refractivity contribution in [3.8, 4) is 17.1 Å². The molecule has 0 unspecified atom stereocenters. The van der Waals surface area contributed by atoms with Crippen LogP contribution >= 0.6 is 0 Å². The van der Waals surface area contributed by atoms with Gasteiger partial charge in [-0.3, -0.25) is 14.3 Å². The molecule has 0 atom stereocenters. The van der Waals surface area contributed by atoms with Crippen LogP contribution in [0.1, 0.15) is 18.9 Å². The molecule has 1 N–H and O–H groups in total. The summed E-state index contributed by atoms with van der Waals surface area (Å²) < 4.78 is 32.5. The molecule has 0 aliphatic carbocycles. The normalized spacial score (nSPS) is 11.4. The third-order valence-electron chi connectivity index (χ3n) is 4.85. The zero-order valence-corrected chi connectivity index (χ0v) is 16.7. The number of ether oxygens (including phenoxy) is 1. The molecule has 0 fully saturated rings. The van der Waals surface area contributed by atoms with Crippen molar-refractivity contribution in [1.82, 2.24) is 19.1 Å². The summed E-state index contributed by atoms with van der Waals surface area (Å²) in [5, 5.41) is 0. The van der Waals surface area contributed by atoms with E-state index in [0.717, 1.165) is 12.0 Å². The molecule has 4 rings (SSSR count). The summed E-state index contributed by atoms with van der Waals surface area (Å²) in [4.78, 5) is 32.3. The molecular weight excluding hydrogens is 406 g/mol. The second kappa shape index (κ2) is 8.55. The molecule has 31 heavy (non-hydrogen) atoms. The third kappa shape index (κ3) is 4.11. The fraction of sp³-hybridized carbons (Fsp3) is 0.227. The van der Waals surface area contributed by atoms with Gasteiger partial charge in [-0.15, -0.1) is 0 Å². The maximum absolute atomic E-state index is 12.7. The van der Waals surface area contributed by atoms with Gasteiger partial charge in [0.1, 0.15) is 11.6 Å². The highest BCUT2D eigenvalue weighted by Gasteiger charge is 2.19. The van der Waals surface area contributed by atoms with Gasteiger partial charge in [0, 0.05) is 12.1 Å². The molecule has 0 saturated heterocycles. The van der Waals surface area contributed by atoms with E-state index in [1.54, 1.807) is 16.7 Å². The van der Waals surface area contributed by atoms with Crippen LogP contribution in [0, 0.1) is 0 Å². The van der Waals surface area contributed by atoms with E-state index in [1.807, 2.05) is 37.3 Å². The summed E-state index contributed by atoms with van der Waals surface area (Å²) in [6.07, 6.45) is 0.724. The number of nitrogens with zero attached hydrogens (tertiary/aromatic N) is 3.